The molecule has 9 nitrogen and oxygen atoms in total. The zero-order chi connectivity index (χ0) is 19.7. The summed E-state index contributed by atoms with van der Waals surface area (Å²) in [6.45, 7) is 2.76. The maximum absolute atomic E-state index is 12.4. The Morgan fingerprint density at radius 1 is 1.26 bits per heavy atom. The molecule has 0 bridgehead atoms. The standard InChI is InChI=1S/C17H14BrN3O6/c1-3-26-17(25)13-8(2)20-27-14(13)19-12(22)7-21-15(23)10-5-4-9(18)6-11(10)16(21)24/h4-6H,3,7H2,1-2H3,(H,19,22). The third-order valence-corrected chi connectivity index (χ3v) is 4.32. The minimum Gasteiger partial charge on any atom is -0.462 e. The van der Waals surface area contributed by atoms with Gasteiger partial charge in [0.25, 0.3) is 11.8 Å². The van der Waals surface area contributed by atoms with Gasteiger partial charge >= 0.3 is 5.97 Å². The highest BCUT2D eigenvalue weighted by Crippen LogP contribution is 2.26. The Morgan fingerprint density at radius 2 is 1.96 bits per heavy atom. The van der Waals surface area contributed by atoms with E-state index in [-0.39, 0.29) is 34.9 Å². The zero-order valence-electron chi connectivity index (χ0n) is 14.4. The summed E-state index contributed by atoms with van der Waals surface area (Å²) >= 11 is 3.24. The number of carbonyl (C=O) groups is 4. The maximum Gasteiger partial charge on any atom is 0.345 e. The summed E-state index contributed by atoms with van der Waals surface area (Å²) in [5.74, 6) is -2.76. The molecule has 10 heteroatoms. The van der Waals surface area contributed by atoms with Gasteiger partial charge in [-0.3, -0.25) is 24.6 Å². The Bertz CT molecular complexity index is 968. The predicted molar refractivity (Wildman–Crippen MR) is 95.3 cm³/mol. The number of ether oxygens (including phenoxy) is 1. The summed E-state index contributed by atoms with van der Waals surface area (Å²) in [6, 6.07) is 4.67. The summed E-state index contributed by atoms with van der Waals surface area (Å²) in [5, 5.41) is 5.99. The number of imide groups is 1. The fourth-order valence-corrected chi connectivity index (χ4v) is 2.98. The molecule has 0 radical (unpaired) electrons. The highest BCUT2D eigenvalue weighted by atomic mass is 79.9. The molecule has 0 spiro atoms. The molecule has 1 N–H and O–H groups in total. The van der Waals surface area contributed by atoms with Crippen molar-refractivity contribution in [1.82, 2.24) is 10.1 Å². The van der Waals surface area contributed by atoms with Crippen LogP contribution in [0.4, 0.5) is 5.88 Å². The molecular weight excluding hydrogens is 422 g/mol. The molecule has 1 aliphatic rings. The Morgan fingerprint density at radius 3 is 2.67 bits per heavy atom. The van der Waals surface area contributed by atoms with Crippen molar-refractivity contribution < 1.29 is 28.4 Å². The van der Waals surface area contributed by atoms with Gasteiger partial charge in [0.15, 0.2) is 0 Å². The van der Waals surface area contributed by atoms with Gasteiger partial charge in [-0.25, -0.2) is 4.79 Å². The molecule has 0 unspecified atom stereocenters. The third kappa shape index (κ3) is 3.47. The van der Waals surface area contributed by atoms with Crippen molar-refractivity contribution in [1.29, 1.82) is 0 Å². The molecule has 1 aliphatic heterocycles. The molecule has 0 atom stereocenters. The molecule has 140 valence electrons. The van der Waals surface area contributed by atoms with E-state index < -0.39 is 30.2 Å². The topological polar surface area (TPSA) is 119 Å². The van der Waals surface area contributed by atoms with E-state index in [2.05, 4.69) is 26.4 Å². The summed E-state index contributed by atoms with van der Waals surface area (Å²) in [4.78, 5) is 49.9. The molecule has 1 aromatic carbocycles. The number of nitrogens with one attached hydrogen (secondary N) is 1. The van der Waals surface area contributed by atoms with Gasteiger partial charge in [0.1, 0.15) is 12.1 Å². The van der Waals surface area contributed by atoms with Crippen LogP contribution < -0.4 is 5.32 Å². The van der Waals surface area contributed by atoms with Crippen LogP contribution in [-0.2, 0) is 9.53 Å². The zero-order valence-corrected chi connectivity index (χ0v) is 16.0. The average Bonchev–Trinajstić information content (AvgIpc) is 3.08. The second-order valence-corrected chi connectivity index (χ2v) is 6.54. The van der Waals surface area contributed by atoms with Crippen molar-refractivity contribution in [3.63, 3.8) is 0 Å². The van der Waals surface area contributed by atoms with Crippen LogP contribution in [0.3, 0.4) is 0 Å². The molecular formula is C17H14BrN3O6. The van der Waals surface area contributed by atoms with Crippen molar-refractivity contribution in [3.05, 3.63) is 45.1 Å². The Kier molecular flexibility index (Phi) is 5.08. The van der Waals surface area contributed by atoms with Gasteiger partial charge in [-0.2, -0.15) is 0 Å². The van der Waals surface area contributed by atoms with Gasteiger partial charge < -0.3 is 9.26 Å². The van der Waals surface area contributed by atoms with Crippen LogP contribution in [0.25, 0.3) is 0 Å². The van der Waals surface area contributed by atoms with E-state index in [0.29, 0.717) is 4.47 Å². The molecule has 1 aromatic heterocycles. The number of benzene rings is 1. The van der Waals surface area contributed by atoms with Crippen LogP contribution in [0.5, 0.6) is 0 Å². The van der Waals surface area contributed by atoms with Crippen LogP contribution in [-0.4, -0.2) is 46.9 Å². The van der Waals surface area contributed by atoms with Crippen LogP contribution >= 0.6 is 15.9 Å². The fraction of sp³-hybridized carbons (Fsp3) is 0.235. The second-order valence-electron chi connectivity index (χ2n) is 5.63. The number of nitrogens with zero attached hydrogens (tertiary/aromatic N) is 2. The van der Waals surface area contributed by atoms with Crippen molar-refractivity contribution in [2.75, 3.05) is 18.5 Å². The highest BCUT2D eigenvalue weighted by Gasteiger charge is 2.37. The van der Waals surface area contributed by atoms with E-state index >= 15 is 0 Å². The number of rotatable bonds is 5. The van der Waals surface area contributed by atoms with Crippen molar-refractivity contribution >= 4 is 45.5 Å². The number of hydrogen-bond acceptors (Lipinski definition) is 7. The maximum atomic E-state index is 12.4. The molecule has 2 aromatic rings. The third-order valence-electron chi connectivity index (χ3n) is 3.83. The van der Waals surface area contributed by atoms with Gasteiger partial charge in [-0.15, -0.1) is 0 Å². The molecule has 0 saturated heterocycles. The second kappa shape index (κ2) is 7.31. The Hall–Kier alpha value is -3.01. The SMILES string of the molecule is CCOC(=O)c1c(C)noc1NC(=O)CN1C(=O)c2ccc(Br)cc2C1=O. The summed E-state index contributed by atoms with van der Waals surface area (Å²) < 4.78 is 10.5. The lowest BCUT2D eigenvalue weighted by atomic mass is 10.1. The smallest absolute Gasteiger partial charge is 0.345 e. The van der Waals surface area contributed by atoms with Crippen LogP contribution in [0.1, 0.15) is 43.7 Å². The summed E-state index contributed by atoms with van der Waals surface area (Å²) in [6.07, 6.45) is 0. The first-order chi connectivity index (χ1) is 12.8. The van der Waals surface area contributed by atoms with Crippen LogP contribution in [0, 0.1) is 6.92 Å². The van der Waals surface area contributed by atoms with Crippen molar-refractivity contribution in [2.24, 2.45) is 0 Å². The summed E-state index contributed by atoms with van der Waals surface area (Å²) in [7, 11) is 0. The number of halogens is 1. The number of fused-ring (bicyclic) bond motifs is 1. The fourth-order valence-electron chi connectivity index (χ4n) is 2.61. The van der Waals surface area contributed by atoms with Crippen LogP contribution in [0.15, 0.2) is 27.2 Å². The molecule has 0 fully saturated rings. The quantitative estimate of drug-likeness (QED) is 0.564. The Labute approximate surface area is 161 Å². The first-order valence-corrected chi connectivity index (χ1v) is 8.71. The van der Waals surface area contributed by atoms with E-state index in [0.717, 1.165) is 4.90 Å². The van der Waals surface area contributed by atoms with Gasteiger partial charge in [0, 0.05) is 4.47 Å². The molecule has 2 heterocycles. The number of anilines is 1. The highest BCUT2D eigenvalue weighted by molar-refractivity contribution is 9.10. The number of aryl methyl sites for hydroxylation is 1. The molecule has 0 aliphatic carbocycles. The van der Waals surface area contributed by atoms with E-state index in [9.17, 15) is 19.2 Å². The van der Waals surface area contributed by atoms with Gasteiger partial charge in [-0.1, -0.05) is 21.1 Å². The van der Waals surface area contributed by atoms with Crippen molar-refractivity contribution in [3.8, 4) is 0 Å². The van der Waals surface area contributed by atoms with E-state index in [1.54, 1.807) is 13.0 Å². The number of carbonyl (C=O) groups excluding carboxylic acids is 4. The lowest BCUT2D eigenvalue weighted by Gasteiger charge is -2.12. The monoisotopic (exact) mass is 435 g/mol. The lowest BCUT2D eigenvalue weighted by molar-refractivity contribution is -0.116. The van der Waals surface area contributed by atoms with E-state index in [4.69, 9.17) is 9.26 Å². The van der Waals surface area contributed by atoms with E-state index in [1.807, 2.05) is 0 Å². The predicted octanol–water partition coefficient (Wildman–Crippen LogP) is 2.16. The molecule has 0 saturated carbocycles. The van der Waals surface area contributed by atoms with Gasteiger partial charge in [-0.05, 0) is 32.0 Å². The lowest BCUT2D eigenvalue weighted by Crippen LogP contribution is -2.37. The molecule has 27 heavy (non-hydrogen) atoms. The van der Waals surface area contributed by atoms with Gasteiger partial charge in [0.2, 0.25) is 11.8 Å². The van der Waals surface area contributed by atoms with Crippen molar-refractivity contribution in [2.45, 2.75) is 13.8 Å². The number of esters is 1. The minimum absolute atomic E-state index is 0.0171. The Balaban J connectivity index is 1.75. The first kappa shape index (κ1) is 18.8. The number of hydrogen-bond donors (Lipinski definition) is 1. The summed E-state index contributed by atoms with van der Waals surface area (Å²) in [5.41, 5.74) is 0.662. The largest absolute Gasteiger partial charge is 0.462 e. The molecule has 3 rings (SSSR count). The first-order valence-electron chi connectivity index (χ1n) is 7.92. The van der Waals surface area contributed by atoms with E-state index in [1.165, 1.54) is 19.1 Å². The van der Waals surface area contributed by atoms with Crippen LogP contribution in [0.2, 0.25) is 0 Å². The minimum atomic E-state index is -0.717. The van der Waals surface area contributed by atoms with Gasteiger partial charge in [0.05, 0.1) is 23.4 Å². The number of aromatic nitrogens is 1. The molecule has 3 amide bonds. The normalized spacial score (nSPS) is 12.9. The number of amides is 3. The average molecular weight is 436 g/mol.